The molecular formula is C26H29N3O5S. The number of anilines is 1. The van der Waals surface area contributed by atoms with Crippen LogP contribution in [0.25, 0.3) is 0 Å². The molecule has 1 aliphatic rings. The number of rotatable bonds is 8. The summed E-state index contributed by atoms with van der Waals surface area (Å²) >= 11 is 0. The number of hydrogen-bond donors (Lipinski definition) is 1. The number of esters is 1. The van der Waals surface area contributed by atoms with Crippen molar-refractivity contribution in [2.24, 2.45) is 0 Å². The first kappa shape index (κ1) is 24.7. The number of benzene rings is 2. The molecule has 3 aromatic rings. The summed E-state index contributed by atoms with van der Waals surface area (Å²) in [5, 5.41) is 2.95. The second-order valence-corrected chi connectivity index (χ2v) is 10.5. The second-order valence-electron chi connectivity index (χ2n) is 8.61. The van der Waals surface area contributed by atoms with E-state index in [1.165, 1.54) is 11.4 Å². The third-order valence-electron chi connectivity index (χ3n) is 6.13. The number of fused-ring (bicyclic) bond motifs is 1. The lowest BCUT2D eigenvalue weighted by Gasteiger charge is -2.19. The zero-order chi connectivity index (χ0) is 25.2. The van der Waals surface area contributed by atoms with Gasteiger partial charge >= 0.3 is 5.97 Å². The van der Waals surface area contributed by atoms with Crippen LogP contribution in [-0.4, -0.2) is 46.1 Å². The number of ether oxygens (including phenoxy) is 2. The van der Waals surface area contributed by atoms with Crippen molar-refractivity contribution in [1.82, 2.24) is 10.3 Å². The quantitative estimate of drug-likeness (QED) is 0.475. The maximum absolute atomic E-state index is 13.4. The molecule has 1 aliphatic heterocycles. The van der Waals surface area contributed by atoms with Crippen molar-refractivity contribution in [2.45, 2.75) is 37.1 Å². The van der Waals surface area contributed by atoms with Crippen LogP contribution in [0.15, 0.2) is 65.7 Å². The first-order valence-corrected chi connectivity index (χ1v) is 12.8. The fraction of sp³-hybridized carbons (Fsp3) is 0.308. The lowest BCUT2D eigenvalue weighted by atomic mass is 10.0. The number of aryl methyl sites for hydroxylation is 1. The van der Waals surface area contributed by atoms with Gasteiger partial charge in [-0.2, -0.15) is 0 Å². The molecule has 2 aromatic carbocycles. The zero-order valence-electron chi connectivity index (χ0n) is 20.2. The molecular weight excluding hydrogens is 466 g/mol. The molecule has 0 aliphatic carbocycles. The number of likely N-dealkylation sites (N-methyl/N-ethyl adjacent to an activating group) is 1. The standard InChI is InChI=1S/C26H29N3O5S/c1-17-5-11-21(12-6-17)35(31,32)29-16-18(2)24-23(13-14-28-25(24)29)34-20-9-7-19(8-10-20)15-22(27-3)26(30)33-4/h5-14,18,22,27H,15-16H2,1-4H3. The molecule has 0 radical (unpaired) electrons. The normalized spacial score (nSPS) is 16.0. The number of sulfonamides is 1. The molecule has 35 heavy (non-hydrogen) atoms. The summed E-state index contributed by atoms with van der Waals surface area (Å²) in [6.07, 6.45) is 2.04. The summed E-state index contributed by atoms with van der Waals surface area (Å²) < 4.78 is 39.0. The number of nitrogens with one attached hydrogen (secondary N) is 1. The van der Waals surface area contributed by atoms with Crippen LogP contribution in [0.4, 0.5) is 5.82 Å². The molecule has 0 bridgehead atoms. The molecule has 0 amide bonds. The molecule has 0 spiro atoms. The van der Waals surface area contributed by atoms with E-state index < -0.39 is 16.1 Å². The fourth-order valence-electron chi connectivity index (χ4n) is 4.17. The SMILES string of the molecule is CNC(Cc1ccc(Oc2ccnc3c2C(C)CN3S(=O)(=O)c2ccc(C)cc2)cc1)C(=O)OC. The first-order valence-electron chi connectivity index (χ1n) is 11.3. The molecule has 0 fully saturated rings. The van der Waals surface area contributed by atoms with E-state index in [1.54, 1.807) is 43.6 Å². The van der Waals surface area contributed by atoms with E-state index in [-0.39, 0.29) is 23.3 Å². The summed E-state index contributed by atoms with van der Waals surface area (Å²) in [6.45, 7) is 4.17. The van der Waals surface area contributed by atoms with Gasteiger partial charge in [0.2, 0.25) is 0 Å². The van der Waals surface area contributed by atoms with Crippen molar-refractivity contribution >= 4 is 21.8 Å². The van der Waals surface area contributed by atoms with Gasteiger partial charge in [0.1, 0.15) is 23.4 Å². The topological polar surface area (TPSA) is 97.8 Å². The van der Waals surface area contributed by atoms with Gasteiger partial charge < -0.3 is 14.8 Å². The highest BCUT2D eigenvalue weighted by atomic mass is 32.2. The Kier molecular flexibility index (Phi) is 7.09. The molecule has 8 nitrogen and oxygen atoms in total. The Morgan fingerprint density at radius 3 is 2.46 bits per heavy atom. The van der Waals surface area contributed by atoms with Gasteiger partial charge in [0.15, 0.2) is 0 Å². The van der Waals surface area contributed by atoms with Gasteiger partial charge in [-0.15, -0.1) is 0 Å². The van der Waals surface area contributed by atoms with Gasteiger partial charge in [0.05, 0.1) is 12.0 Å². The minimum absolute atomic E-state index is 0.0929. The second kappa shape index (κ2) is 10.1. The van der Waals surface area contributed by atoms with E-state index in [2.05, 4.69) is 10.3 Å². The predicted octanol–water partition coefficient (Wildman–Crippen LogP) is 3.80. The molecule has 0 saturated carbocycles. The number of carbonyl (C=O) groups is 1. The van der Waals surface area contributed by atoms with Gasteiger partial charge in [-0.25, -0.2) is 17.7 Å². The molecule has 1 N–H and O–H groups in total. The van der Waals surface area contributed by atoms with E-state index in [9.17, 15) is 13.2 Å². The molecule has 0 saturated heterocycles. The Labute approximate surface area is 206 Å². The monoisotopic (exact) mass is 495 g/mol. The van der Waals surface area contributed by atoms with Gasteiger partial charge in [0, 0.05) is 24.2 Å². The van der Waals surface area contributed by atoms with Gasteiger partial charge in [-0.05, 0) is 56.3 Å². The number of aromatic nitrogens is 1. The fourth-order valence-corrected chi connectivity index (χ4v) is 5.70. The van der Waals surface area contributed by atoms with Crippen LogP contribution < -0.4 is 14.4 Å². The summed E-state index contributed by atoms with van der Waals surface area (Å²) in [5.41, 5.74) is 2.70. The maximum atomic E-state index is 13.4. The van der Waals surface area contributed by atoms with E-state index >= 15 is 0 Å². The van der Waals surface area contributed by atoms with Crippen molar-refractivity contribution in [2.75, 3.05) is 25.0 Å². The Hall–Kier alpha value is -3.43. The van der Waals surface area contributed by atoms with E-state index in [4.69, 9.17) is 9.47 Å². The third-order valence-corrected chi connectivity index (χ3v) is 7.90. The number of methoxy groups -OCH3 is 1. The van der Waals surface area contributed by atoms with Crippen LogP contribution in [0, 0.1) is 6.92 Å². The Morgan fingerprint density at radius 2 is 1.83 bits per heavy atom. The molecule has 2 atom stereocenters. The Morgan fingerprint density at radius 1 is 1.14 bits per heavy atom. The lowest BCUT2D eigenvalue weighted by molar-refractivity contribution is -0.142. The minimum atomic E-state index is -3.75. The number of pyridine rings is 1. The number of hydrogen-bond acceptors (Lipinski definition) is 7. The van der Waals surface area contributed by atoms with Crippen LogP contribution in [0.1, 0.15) is 29.5 Å². The van der Waals surface area contributed by atoms with Crippen LogP contribution in [0.5, 0.6) is 11.5 Å². The Bertz CT molecular complexity index is 1310. The highest BCUT2D eigenvalue weighted by Gasteiger charge is 2.38. The Balaban J connectivity index is 1.57. The average Bonchev–Trinajstić information content (AvgIpc) is 3.21. The van der Waals surface area contributed by atoms with E-state index in [0.717, 1.165) is 16.7 Å². The lowest BCUT2D eigenvalue weighted by Crippen LogP contribution is -2.36. The molecule has 184 valence electrons. The van der Waals surface area contributed by atoms with Crippen LogP contribution >= 0.6 is 0 Å². The molecule has 2 heterocycles. The van der Waals surface area contributed by atoms with Gasteiger partial charge in [-0.3, -0.25) is 4.79 Å². The zero-order valence-corrected chi connectivity index (χ0v) is 21.0. The van der Waals surface area contributed by atoms with Crippen molar-refractivity contribution in [3.8, 4) is 11.5 Å². The van der Waals surface area contributed by atoms with Crippen molar-refractivity contribution in [1.29, 1.82) is 0 Å². The van der Waals surface area contributed by atoms with Crippen molar-refractivity contribution in [3.05, 3.63) is 77.5 Å². The summed E-state index contributed by atoms with van der Waals surface area (Å²) in [4.78, 5) is 16.5. The van der Waals surface area contributed by atoms with Gasteiger partial charge in [0.25, 0.3) is 10.0 Å². The van der Waals surface area contributed by atoms with E-state index in [0.29, 0.717) is 23.7 Å². The summed E-state index contributed by atoms with van der Waals surface area (Å²) in [6, 6.07) is 15.6. The predicted molar refractivity (Wildman–Crippen MR) is 133 cm³/mol. The van der Waals surface area contributed by atoms with E-state index in [1.807, 2.05) is 38.1 Å². The first-order chi connectivity index (χ1) is 16.7. The summed E-state index contributed by atoms with van der Waals surface area (Å²) in [7, 11) is -0.668. The van der Waals surface area contributed by atoms with Gasteiger partial charge in [-0.1, -0.05) is 36.8 Å². The minimum Gasteiger partial charge on any atom is -0.468 e. The maximum Gasteiger partial charge on any atom is 0.323 e. The smallest absolute Gasteiger partial charge is 0.323 e. The molecule has 2 unspecified atom stereocenters. The highest BCUT2D eigenvalue weighted by Crippen LogP contribution is 2.44. The van der Waals surface area contributed by atoms with Crippen LogP contribution in [0.2, 0.25) is 0 Å². The molecule has 1 aromatic heterocycles. The van der Waals surface area contributed by atoms with Crippen molar-refractivity contribution in [3.63, 3.8) is 0 Å². The summed E-state index contributed by atoms with van der Waals surface area (Å²) in [5.74, 6) is 1.15. The van der Waals surface area contributed by atoms with Crippen LogP contribution in [0.3, 0.4) is 0 Å². The highest BCUT2D eigenvalue weighted by molar-refractivity contribution is 7.92. The number of carbonyl (C=O) groups excluding carboxylic acids is 1. The number of nitrogens with zero attached hydrogens (tertiary/aromatic N) is 2. The van der Waals surface area contributed by atoms with Crippen molar-refractivity contribution < 1.29 is 22.7 Å². The molecule has 4 rings (SSSR count). The van der Waals surface area contributed by atoms with Crippen LogP contribution in [-0.2, 0) is 26.0 Å². The third kappa shape index (κ3) is 5.01. The largest absolute Gasteiger partial charge is 0.468 e. The average molecular weight is 496 g/mol. The molecule has 9 heteroatoms.